The maximum atomic E-state index is 12.5. The highest BCUT2D eigenvalue weighted by molar-refractivity contribution is 7.89. The monoisotopic (exact) mass is 327 g/mol. The van der Waals surface area contributed by atoms with Gasteiger partial charge in [0.05, 0.1) is 4.90 Å². The quantitative estimate of drug-likeness (QED) is 0.857. The molecule has 2 aromatic rings. The van der Waals surface area contributed by atoms with Crippen LogP contribution in [-0.4, -0.2) is 26.2 Å². The normalized spacial score (nSPS) is 13.5. The SMILES string of the molecule is CC(CCCO)NS(=O)(=O)c1ccc(Cl)c2ccccc12. The van der Waals surface area contributed by atoms with Gasteiger partial charge in [0, 0.05) is 28.4 Å². The van der Waals surface area contributed by atoms with Crippen molar-refractivity contribution in [2.45, 2.75) is 30.7 Å². The second-order valence-corrected chi connectivity index (χ2v) is 7.07. The van der Waals surface area contributed by atoms with Crippen molar-refractivity contribution in [1.82, 2.24) is 4.72 Å². The molecule has 0 bridgehead atoms. The van der Waals surface area contributed by atoms with Crippen molar-refractivity contribution in [3.05, 3.63) is 41.4 Å². The molecule has 0 aliphatic rings. The first-order chi connectivity index (χ1) is 9.95. The molecule has 0 radical (unpaired) electrons. The summed E-state index contributed by atoms with van der Waals surface area (Å²) in [6, 6.07) is 10.0. The summed E-state index contributed by atoms with van der Waals surface area (Å²) >= 11 is 6.11. The molecule has 0 amide bonds. The first-order valence-corrected chi connectivity index (χ1v) is 8.62. The molecule has 0 aliphatic heterocycles. The van der Waals surface area contributed by atoms with Crippen molar-refractivity contribution in [3.63, 3.8) is 0 Å². The van der Waals surface area contributed by atoms with Crippen LogP contribution in [0.2, 0.25) is 5.02 Å². The zero-order chi connectivity index (χ0) is 15.5. The van der Waals surface area contributed by atoms with E-state index in [1.165, 1.54) is 6.07 Å². The van der Waals surface area contributed by atoms with E-state index < -0.39 is 10.0 Å². The van der Waals surface area contributed by atoms with E-state index in [0.717, 1.165) is 0 Å². The van der Waals surface area contributed by atoms with Crippen LogP contribution in [0.1, 0.15) is 19.8 Å². The van der Waals surface area contributed by atoms with Crippen LogP contribution in [0.4, 0.5) is 0 Å². The van der Waals surface area contributed by atoms with Crippen molar-refractivity contribution in [3.8, 4) is 0 Å². The van der Waals surface area contributed by atoms with Gasteiger partial charge in [-0.15, -0.1) is 0 Å². The predicted octanol–water partition coefficient (Wildman–Crippen LogP) is 2.93. The molecule has 0 saturated carbocycles. The number of hydrogen-bond donors (Lipinski definition) is 2. The van der Waals surface area contributed by atoms with Crippen molar-refractivity contribution in [2.24, 2.45) is 0 Å². The van der Waals surface area contributed by atoms with Crippen LogP contribution >= 0.6 is 11.6 Å². The maximum absolute atomic E-state index is 12.5. The average molecular weight is 328 g/mol. The van der Waals surface area contributed by atoms with Crippen molar-refractivity contribution >= 4 is 32.4 Å². The first kappa shape index (κ1) is 16.2. The zero-order valence-corrected chi connectivity index (χ0v) is 13.3. The topological polar surface area (TPSA) is 66.4 Å². The van der Waals surface area contributed by atoms with E-state index in [-0.39, 0.29) is 17.5 Å². The number of fused-ring (bicyclic) bond motifs is 1. The van der Waals surface area contributed by atoms with Gasteiger partial charge >= 0.3 is 0 Å². The fourth-order valence-corrected chi connectivity index (χ4v) is 3.97. The van der Waals surface area contributed by atoms with Crippen molar-refractivity contribution < 1.29 is 13.5 Å². The van der Waals surface area contributed by atoms with Crippen LogP contribution in [0.25, 0.3) is 10.8 Å². The summed E-state index contributed by atoms with van der Waals surface area (Å²) < 4.78 is 27.7. The largest absolute Gasteiger partial charge is 0.396 e. The summed E-state index contributed by atoms with van der Waals surface area (Å²) in [5, 5.41) is 10.7. The molecule has 2 N–H and O–H groups in total. The van der Waals surface area contributed by atoms with Gasteiger partial charge in [-0.1, -0.05) is 35.9 Å². The molecule has 0 aromatic heterocycles. The summed E-state index contributed by atoms with van der Waals surface area (Å²) in [7, 11) is -3.62. The fraction of sp³-hybridized carbons (Fsp3) is 0.333. The molecule has 2 aromatic carbocycles. The molecule has 2 rings (SSSR count). The van der Waals surface area contributed by atoms with Gasteiger partial charge in [-0.25, -0.2) is 13.1 Å². The van der Waals surface area contributed by atoms with Gasteiger partial charge in [-0.05, 0) is 31.9 Å². The van der Waals surface area contributed by atoms with Gasteiger partial charge in [0.1, 0.15) is 0 Å². The number of benzene rings is 2. The van der Waals surface area contributed by atoms with Crippen molar-refractivity contribution in [2.75, 3.05) is 6.61 Å². The van der Waals surface area contributed by atoms with Crippen LogP contribution in [0.3, 0.4) is 0 Å². The second-order valence-electron chi connectivity index (χ2n) is 4.98. The van der Waals surface area contributed by atoms with E-state index in [1.807, 2.05) is 6.07 Å². The lowest BCUT2D eigenvalue weighted by Gasteiger charge is -2.15. The Morgan fingerprint density at radius 3 is 2.52 bits per heavy atom. The Kier molecular flexibility index (Phi) is 5.22. The van der Waals surface area contributed by atoms with Gasteiger partial charge in [-0.3, -0.25) is 0 Å². The third-order valence-electron chi connectivity index (χ3n) is 3.27. The highest BCUT2D eigenvalue weighted by atomic mass is 35.5. The summed E-state index contributed by atoms with van der Waals surface area (Å²) in [4.78, 5) is 0.221. The zero-order valence-electron chi connectivity index (χ0n) is 11.7. The Balaban J connectivity index is 2.39. The Labute approximate surface area is 129 Å². The van der Waals surface area contributed by atoms with Gasteiger partial charge < -0.3 is 5.11 Å². The van der Waals surface area contributed by atoms with Crippen molar-refractivity contribution in [1.29, 1.82) is 0 Å². The van der Waals surface area contributed by atoms with Gasteiger partial charge in [0.25, 0.3) is 0 Å². The number of halogens is 1. The molecule has 0 aliphatic carbocycles. The number of rotatable bonds is 6. The molecule has 1 unspecified atom stereocenters. The number of hydrogen-bond acceptors (Lipinski definition) is 3. The van der Waals surface area contributed by atoms with Crippen LogP contribution in [0.5, 0.6) is 0 Å². The fourth-order valence-electron chi connectivity index (χ4n) is 2.25. The van der Waals surface area contributed by atoms with E-state index in [0.29, 0.717) is 28.6 Å². The Morgan fingerprint density at radius 2 is 1.86 bits per heavy atom. The van der Waals surface area contributed by atoms with E-state index in [2.05, 4.69) is 4.72 Å². The highest BCUT2D eigenvalue weighted by Crippen LogP contribution is 2.29. The Morgan fingerprint density at radius 1 is 1.19 bits per heavy atom. The molecular formula is C15H18ClNO3S. The van der Waals surface area contributed by atoms with E-state index in [9.17, 15) is 8.42 Å². The maximum Gasteiger partial charge on any atom is 0.241 e. The summed E-state index contributed by atoms with van der Waals surface area (Å²) in [5.74, 6) is 0. The number of aliphatic hydroxyl groups excluding tert-OH is 1. The molecule has 0 spiro atoms. The lowest BCUT2D eigenvalue weighted by atomic mass is 10.1. The van der Waals surface area contributed by atoms with E-state index >= 15 is 0 Å². The predicted molar refractivity (Wildman–Crippen MR) is 85.1 cm³/mol. The Hall–Kier alpha value is -1.14. The minimum absolute atomic E-state index is 0.0515. The summed E-state index contributed by atoms with van der Waals surface area (Å²) in [6.45, 7) is 1.83. The van der Waals surface area contributed by atoms with E-state index in [1.54, 1.807) is 31.2 Å². The average Bonchev–Trinajstić information content (AvgIpc) is 2.45. The van der Waals surface area contributed by atoms with Crippen LogP contribution in [0.15, 0.2) is 41.3 Å². The number of aliphatic hydroxyl groups is 1. The number of sulfonamides is 1. The minimum atomic E-state index is -3.62. The molecule has 1 atom stereocenters. The van der Waals surface area contributed by atoms with Gasteiger partial charge in [0.2, 0.25) is 10.0 Å². The smallest absolute Gasteiger partial charge is 0.241 e. The molecule has 0 fully saturated rings. The molecule has 4 nitrogen and oxygen atoms in total. The van der Waals surface area contributed by atoms with Crippen LogP contribution in [-0.2, 0) is 10.0 Å². The third-order valence-corrected chi connectivity index (χ3v) is 5.25. The van der Waals surface area contributed by atoms with Crippen LogP contribution < -0.4 is 4.72 Å². The van der Waals surface area contributed by atoms with Crippen LogP contribution in [0, 0.1) is 0 Å². The Bertz CT molecular complexity index is 731. The summed E-state index contributed by atoms with van der Waals surface area (Å²) in [5.41, 5.74) is 0. The molecule has 0 saturated heterocycles. The molecule has 6 heteroatoms. The summed E-state index contributed by atoms with van der Waals surface area (Å²) in [6.07, 6.45) is 1.15. The highest BCUT2D eigenvalue weighted by Gasteiger charge is 2.20. The molecule has 0 heterocycles. The second kappa shape index (κ2) is 6.75. The third kappa shape index (κ3) is 3.74. The standard InChI is InChI=1S/C15H18ClNO3S/c1-11(5-4-10-18)17-21(19,20)15-9-8-14(16)12-6-2-3-7-13(12)15/h2-3,6-9,11,17-18H,4-5,10H2,1H3. The lowest BCUT2D eigenvalue weighted by Crippen LogP contribution is -2.32. The molecule has 114 valence electrons. The van der Waals surface area contributed by atoms with Gasteiger partial charge in [0.15, 0.2) is 0 Å². The molecule has 21 heavy (non-hydrogen) atoms. The first-order valence-electron chi connectivity index (χ1n) is 6.76. The molecular weight excluding hydrogens is 310 g/mol. The van der Waals surface area contributed by atoms with E-state index in [4.69, 9.17) is 16.7 Å². The minimum Gasteiger partial charge on any atom is -0.396 e. The van der Waals surface area contributed by atoms with Gasteiger partial charge in [-0.2, -0.15) is 0 Å². The number of nitrogens with one attached hydrogen (secondary N) is 1. The lowest BCUT2D eigenvalue weighted by molar-refractivity contribution is 0.279.